The maximum atomic E-state index is 8.99. The van der Waals surface area contributed by atoms with Gasteiger partial charge in [-0.3, -0.25) is 4.90 Å². The molecule has 1 saturated heterocycles. The van der Waals surface area contributed by atoms with Crippen LogP contribution in [-0.2, 0) is 0 Å². The summed E-state index contributed by atoms with van der Waals surface area (Å²) in [6, 6.07) is 1.12. The normalized spacial score (nSPS) is 24.2. The van der Waals surface area contributed by atoms with Crippen molar-refractivity contribution in [2.24, 2.45) is 0 Å². The molecule has 1 heterocycles. The fourth-order valence-electron chi connectivity index (χ4n) is 2.53. The smallest absolute Gasteiger partial charge is 0.0446 e. The van der Waals surface area contributed by atoms with Gasteiger partial charge in [0.2, 0.25) is 0 Å². The van der Waals surface area contributed by atoms with Crippen molar-refractivity contribution in [1.82, 2.24) is 15.1 Å². The predicted octanol–water partition coefficient (Wildman–Crippen LogP) is -0.0172. The van der Waals surface area contributed by atoms with Gasteiger partial charge in [-0.2, -0.15) is 0 Å². The third-order valence-electron chi connectivity index (χ3n) is 3.42. The molecule has 0 saturated carbocycles. The topological polar surface area (TPSA) is 38.7 Å². The number of rotatable bonds is 7. The summed E-state index contributed by atoms with van der Waals surface area (Å²) in [4.78, 5) is 4.83. The minimum absolute atomic E-state index is 0.275. The van der Waals surface area contributed by atoms with E-state index in [0.717, 1.165) is 19.5 Å². The average Bonchev–Trinajstić information content (AvgIpc) is 2.64. The number of likely N-dealkylation sites (tertiary alicyclic amines) is 1. The maximum absolute atomic E-state index is 8.99. The van der Waals surface area contributed by atoms with Crippen LogP contribution < -0.4 is 5.32 Å². The molecule has 0 bridgehead atoms. The number of nitrogens with zero attached hydrogens (tertiary/aromatic N) is 2. The van der Waals surface area contributed by atoms with E-state index in [1.165, 1.54) is 19.4 Å². The molecule has 1 aliphatic rings. The fourth-order valence-corrected chi connectivity index (χ4v) is 2.53. The zero-order valence-corrected chi connectivity index (χ0v) is 10.9. The standard InChI is InChI=1S/C12H27N3O/c1-13-11(6-8-16)9-15-7-4-5-12(15)10-14(2)3/h11-13,16H,4-10H2,1-3H3. The Morgan fingerprint density at radius 3 is 2.81 bits per heavy atom. The first kappa shape index (κ1) is 13.9. The maximum Gasteiger partial charge on any atom is 0.0446 e. The lowest BCUT2D eigenvalue weighted by Gasteiger charge is -2.30. The van der Waals surface area contributed by atoms with Crippen LogP contribution in [0.1, 0.15) is 19.3 Å². The van der Waals surface area contributed by atoms with Crippen molar-refractivity contribution in [2.45, 2.75) is 31.3 Å². The van der Waals surface area contributed by atoms with Gasteiger partial charge in [-0.05, 0) is 47.0 Å². The summed E-state index contributed by atoms with van der Waals surface area (Å²) < 4.78 is 0. The van der Waals surface area contributed by atoms with Gasteiger partial charge in [-0.25, -0.2) is 0 Å². The first-order valence-electron chi connectivity index (χ1n) is 6.34. The molecule has 0 aromatic heterocycles. The predicted molar refractivity (Wildman–Crippen MR) is 67.7 cm³/mol. The van der Waals surface area contributed by atoms with Crippen LogP contribution >= 0.6 is 0 Å². The van der Waals surface area contributed by atoms with Crippen molar-refractivity contribution in [2.75, 3.05) is 47.4 Å². The zero-order valence-electron chi connectivity index (χ0n) is 10.9. The summed E-state index contributed by atoms with van der Waals surface area (Å²) in [5.74, 6) is 0. The van der Waals surface area contributed by atoms with Gasteiger partial charge in [-0.1, -0.05) is 0 Å². The van der Waals surface area contributed by atoms with E-state index in [1.54, 1.807) is 0 Å². The molecule has 2 unspecified atom stereocenters. The van der Waals surface area contributed by atoms with Gasteiger partial charge in [0.1, 0.15) is 0 Å². The van der Waals surface area contributed by atoms with Crippen LogP contribution in [0, 0.1) is 0 Å². The SMILES string of the molecule is CNC(CCO)CN1CCCC1CN(C)C. The molecule has 1 rings (SSSR count). The van der Waals surface area contributed by atoms with Crippen molar-refractivity contribution in [3.63, 3.8) is 0 Å². The van der Waals surface area contributed by atoms with Crippen LogP contribution in [0.3, 0.4) is 0 Å². The highest BCUT2D eigenvalue weighted by molar-refractivity contribution is 4.83. The molecule has 0 aromatic rings. The van der Waals surface area contributed by atoms with E-state index < -0.39 is 0 Å². The summed E-state index contributed by atoms with van der Waals surface area (Å²) in [6.07, 6.45) is 3.48. The van der Waals surface area contributed by atoms with Gasteiger partial charge in [-0.15, -0.1) is 0 Å². The van der Waals surface area contributed by atoms with E-state index >= 15 is 0 Å². The van der Waals surface area contributed by atoms with Gasteiger partial charge in [0.05, 0.1) is 0 Å². The molecule has 2 N–H and O–H groups in total. The van der Waals surface area contributed by atoms with Gasteiger partial charge in [0.25, 0.3) is 0 Å². The number of hydrogen-bond acceptors (Lipinski definition) is 4. The van der Waals surface area contributed by atoms with Gasteiger partial charge in [0.15, 0.2) is 0 Å². The molecule has 4 nitrogen and oxygen atoms in total. The van der Waals surface area contributed by atoms with Gasteiger partial charge in [0, 0.05) is 31.8 Å². The Balaban J connectivity index is 2.38. The monoisotopic (exact) mass is 229 g/mol. The Bertz CT molecular complexity index is 187. The molecule has 0 aromatic carbocycles. The molecule has 1 fully saturated rings. The van der Waals surface area contributed by atoms with E-state index in [0.29, 0.717) is 12.1 Å². The van der Waals surface area contributed by atoms with Crippen LogP contribution in [0.5, 0.6) is 0 Å². The molecule has 96 valence electrons. The van der Waals surface area contributed by atoms with Gasteiger partial charge < -0.3 is 15.3 Å². The van der Waals surface area contributed by atoms with Gasteiger partial charge >= 0.3 is 0 Å². The minimum Gasteiger partial charge on any atom is -0.396 e. The second kappa shape index (κ2) is 7.22. The number of aliphatic hydroxyl groups is 1. The van der Waals surface area contributed by atoms with Crippen molar-refractivity contribution < 1.29 is 5.11 Å². The minimum atomic E-state index is 0.275. The molecule has 4 heteroatoms. The lowest BCUT2D eigenvalue weighted by atomic mass is 10.1. The second-order valence-corrected chi connectivity index (χ2v) is 5.05. The lowest BCUT2D eigenvalue weighted by Crippen LogP contribution is -2.45. The number of nitrogens with one attached hydrogen (secondary N) is 1. The highest BCUT2D eigenvalue weighted by Crippen LogP contribution is 2.18. The van der Waals surface area contributed by atoms with Crippen molar-refractivity contribution in [3.8, 4) is 0 Å². The average molecular weight is 229 g/mol. The Morgan fingerprint density at radius 2 is 2.25 bits per heavy atom. The molecule has 2 atom stereocenters. The van der Waals surface area contributed by atoms with Crippen LogP contribution in [0.15, 0.2) is 0 Å². The Morgan fingerprint density at radius 1 is 1.50 bits per heavy atom. The molecule has 16 heavy (non-hydrogen) atoms. The third-order valence-corrected chi connectivity index (χ3v) is 3.42. The molecule has 0 radical (unpaired) electrons. The largest absolute Gasteiger partial charge is 0.396 e. The summed E-state index contributed by atoms with van der Waals surface area (Å²) in [5, 5.41) is 12.3. The van der Waals surface area contributed by atoms with E-state index in [4.69, 9.17) is 5.11 Å². The summed E-state index contributed by atoms with van der Waals surface area (Å²) in [5.41, 5.74) is 0. The van der Waals surface area contributed by atoms with E-state index in [1.807, 2.05) is 7.05 Å². The van der Waals surface area contributed by atoms with E-state index in [2.05, 4.69) is 29.2 Å². The number of hydrogen-bond donors (Lipinski definition) is 2. The quantitative estimate of drug-likeness (QED) is 0.644. The van der Waals surface area contributed by atoms with Crippen LogP contribution in [0.2, 0.25) is 0 Å². The third kappa shape index (κ3) is 4.37. The Kier molecular flexibility index (Phi) is 6.28. The highest BCUT2D eigenvalue weighted by Gasteiger charge is 2.26. The number of likely N-dealkylation sites (N-methyl/N-ethyl adjacent to an activating group) is 2. The molecule has 1 aliphatic heterocycles. The zero-order chi connectivity index (χ0) is 12.0. The van der Waals surface area contributed by atoms with Crippen LogP contribution in [0.25, 0.3) is 0 Å². The second-order valence-electron chi connectivity index (χ2n) is 5.05. The van der Waals surface area contributed by atoms with Crippen molar-refractivity contribution >= 4 is 0 Å². The summed E-state index contributed by atoms with van der Waals surface area (Å²) in [6.45, 7) is 3.70. The van der Waals surface area contributed by atoms with E-state index in [-0.39, 0.29) is 6.61 Å². The first-order valence-corrected chi connectivity index (χ1v) is 6.34. The fraction of sp³-hybridized carbons (Fsp3) is 1.00. The Labute approximate surface area is 99.6 Å². The highest BCUT2D eigenvalue weighted by atomic mass is 16.3. The first-order chi connectivity index (χ1) is 7.67. The lowest BCUT2D eigenvalue weighted by molar-refractivity contribution is 0.177. The molecular formula is C12H27N3O. The number of aliphatic hydroxyl groups excluding tert-OH is 1. The summed E-state index contributed by atoms with van der Waals surface area (Å²) in [7, 11) is 6.26. The van der Waals surface area contributed by atoms with Crippen LogP contribution in [-0.4, -0.2) is 74.4 Å². The van der Waals surface area contributed by atoms with Crippen LogP contribution in [0.4, 0.5) is 0 Å². The molecule has 0 amide bonds. The molecule has 0 aliphatic carbocycles. The molecular weight excluding hydrogens is 202 g/mol. The van der Waals surface area contributed by atoms with Crippen molar-refractivity contribution in [3.05, 3.63) is 0 Å². The molecule has 0 spiro atoms. The summed E-state index contributed by atoms with van der Waals surface area (Å²) >= 11 is 0. The van der Waals surface area contributed by atoms with Crippen molar-refractivity contribution in [1.29, 1.82) is 0 Å². The van der Waals surface area contributed by atoms with E-state index in [9.17, 15) is 0 Å². The Hall–Kier alpha value is -0.160.